The molecule has 0 radical (unpaired) electrons. The van der Waals surface area contributed by atoms with E-state index in [9.17, 15) is 14.4 Å². The number of carbonyl (C=O) groups excluding carboxylic acids is 1. The molecule has 2 heterocycles. The molecule has 3 N–H and O–H groups in total. The third-order valence-corrected chi connectivity index (χ3v) is 3.69. The summed E-state index contributed by atoms with van der Waals surface area (Å²) in [7, 11) is 0. The standard InChI is InChI=1S/C13H20N4O3/c1-2-5-17-11(18)8-10(15-13(17)20)16-6-3-9(4-7-16)12(14)19/h8-9H,2-7H2,1H3,(H2,14,19)(H,15,20). The lowest BCUT2D eigenvalue weighted by Gasteiger charge is -2.31. The molecule has 0 unspecified atom stereocenters. The molecule has 1 saturated heterocycles. The number of H-pyrrole nitrogens is 1. The number of nitrogens with zero attached hydrogens (tertiary/aromatic N) is 2. The first-order valence-corrected chi connectivity index (χ1v) is 6.91. The van der Waals surface area contributed by atoms with Crippen LogP contribution in [0.2, 0.25) is 0 Å². The smallest absolute Gasteiger partial charge is 0.329 e. The van der Waals surface area contributed by atoms with Crippen molar-refractivity contribution in [2.75, 3.05) is 18.0 Å². The maximum Gasteiger partial charge on any atom is 0.329 e. The lowest BCUT2D eigenvalue weighted by atomic mass is 9.96. The number of anilines is 1. The number of carbonyl (C=O) groups is 1. The van der Waals surface area contributed by atoms with Gasteiger partial charge in [0.25, 0.3) is 5.56 Å². The van der Waals surface area contributed by atoms with Gasteiger partial charge in [-0.1, -0.05) is 6.92 Å². The highest BCUT2D eigenvalue weighted by molar-refractivity contribution is 5.76. The van der Waals surface area contributed by atoms with Crippen molar-refractivity contribution < 1.29 is 4.79 Å². The van der Waals surface area contributed by atoms with Crippen LogP contribution >= 0.6 is 0 Å². The van der Waals surface area contributed by atoms with Gasteiger partial charge in [-0.25, -0.2) is 4.79 Å². The van der Waals surface area contributed by atoms with Crippen LogP contribution in [0.15, 0.2) is 15.7 Å². The van der Waals surface area contributed by atoms with Gasteiger partial charge in [-0.15, -0.1) is 0 Å². The summed E-state index contributed by atoms with van der Waals surface area (Å²) in [6, 6.07) is 1.45. The van der Waals surface area contributed by atoms with Crippen LogP contribution in [0.4, 0.5) is 5.82 Å². The van der Waals surface area contributed by atoms with Crippen molar-refractivity contribution in [3.63, 3.8) is 0 Å². The summed E-state index contributed by atoms with van der Waals surface area (Å²) >= 11 is 0. The van der Waals surface area contributed by atoms with Gasteiger partial charge in [0.2, 0.25) is 5.91 Å². The molecular weight excluding hydrogens is 260 g/mol. The molecular formula is C13H20N4O3. The summed E-state index contributed by atoms with van der Waals surface area (Å²) in [6.45, 7) is 3.55. The van der Waals surface area contributed by atoms with E-state index in [2.05, 4.69) is 4.98 Å². The maximum atomic E-state index is 11.9. The zero-order valence-corrected chi connectivity index (χ0v) is 11.6. The van der Waals surface area contributed by atoms with Gasteiger partial charge in [-0.2, -0.15) is 0 Å². The first-order chi connectivity index (χ1) is 9.52. The Morgan fingerprint density at radius 3 is 2.55 bits per heavy atom. The summed E-state index contributed by atoms with van der Waals surface area (Å²) in [4.78, 5) is 39.5. The maximum absolute atomic E-state index is 11.9. The lowest BCUT2D eigenvalue weighted by Crippen LogP contribution is -2.42. The number of primary amides is 1. The predicted molar refractivity (Wildman–Crippen MR) is 75.7 cm³/mol. The SMILES string of the molecule is CCCn1c(=O)cc(N2CCC(C(N)=O)CC2)[nH]c1=O. The van der Waals surface area contributed by atoms with Crippen molar-refractivity contribution in [2.24, 2.45) is 11.7 Å². The molecule has 2 rings (SSSR count). The van der Waals surface area contributed by atoms with Crippen LogP contribution in [0.1, 0.15) is 26.2 Å². The van der Waals surface area contributed by atoms with Crippen LogP contribution in [-0.2, 0) is 11.3 Å². The van der Waals surface area contributed by atoms with E-state index in [4.69, 9.17) is 5.73 Å². The minimum atomic E-state index is -0.383. The topological polar surface area (TPSA) is 101 Å². The van der Waals surface area contributed by atoms with Gasteiger partial charge < -0.3 is 10.6 Å². The molecule has 0 aliphatic carbocycles. The number of nitrogens with two attached hydrogens (primary N) is 1. The second-order valence-corrected chi connectivity index (χ2v) is 5.11. The fraction of sp³-hybridized carbons (Fsp3) is 0.615. The van der Waals surface area contributed by atoms with Crippen LogP contribution in [-0.4, -0.2) is 28.5 Å². The molecule has 1 amide bonds. The molecule has 110 valence electrons. The second-order valence-electron chi connectivity index (χ2n) is 5.11. The highest BCUT2D eigenvalue weighted by atomic mass is 16.2. The van der Waals surface area contributed by atoms with Gasteiger partial charge >= 0.3 is 5.69 Å². The number of hydrogen-bond donors (Lipinski definition) is 2. The monoisotopic (exact) mass is 280 g/mol. The Morgan fingerprint density at radius 1 is 1.40 bits per heavy atom. The molecule has 1 aliphatic heterocycles. The van der Waals surface area contributed by atoms with E-state index < -0.39 is 0 Å². The number of rotatable bonds is 4. The Balaban J connectivity index is 2.17. The highest BCUT2D eigenvalue weighted by Gasteiger charge is 2.24. The summed E-state index contributed by atoms with van der Waals surface area (Å²) < 4.78 is 1.19. The quantitative estimate of drug-likeness (QED) is 0.787. The molecule has 0 bridgehead atoms. The lowest BCUT2D eigenvalue weighted by molar-refractivity contribution is -0.122. The number of nitrogens with one attached hydrogen (secondary N) is 1. The first-order valence-electron chi connectivity index (χ1n) is 6.91. The summed E-state index contributed by atoms with van der Waals surface area (Å²) in [5, 5.41) is 0. The zero-order valence-electron chi connectivity index (χ0n) is 11.6. The third kappa shape index (κ3) is 2.92. The summed E-state index contributed by atoms with van der Waals surface area (Å²) in [5.74, 6) is 0.130. The summed E-state index contributed by atoms with van der Waals surface area (Å²) in [5.41, 5.74) is 4.61. The van der Waals surface area contributed by atoms with E-state index in [0.717, 1.165) is 6.42 Å². The molecule has 1 fully saturated rings. The van der Waals surface area contributed by atoms with Crippen molar-refractivity contribution in [1.82, 2.24) is 9.55 Å². The average molecular weight is 280 g/mol. The van der Waals surface area contributed by atoms with Gasteiger partial charge in [-0.3, -0.25) is 19.1 Å². The zero-order chi connectivity index (χ0) is 14.7. The molecule has 7 heteroatoms. The molecule has 20 heavy (non-hydrogen) atoms. The van der Waals surface area contributed by atoms with Crippen LogP contribution in [0.5, 0.6) is 0 Å². The van der Waals surface area contributed by atoms with Gasteiger partial charge in [0.1, 0.15) is 5.82 Å². The van der Waals surface area contributed by atoms with Crippen molar-refractivity contribution in [3.05, 3.63) is 26.9 Å². The number of amides is 1. The Hall–Kier alpha value is -2.05. The second kappa shape index (κ2) is 5.94. The Morgan fingerprint density at radius 2 is 2.05 bits per heavy atom. The minimum absolute atomic E-state index is 0.113. The molecule has 7 nitrogen and oxygen atoms in total. The number of hydrogen-bond acceptors (Lipinski definition) is 4. The van der Waals surface area contributed by atoms with E-state index in [0.29, 0.717) is 38.3 Å². The largest absolute Gasteiger partial charge is 0.369 e. The molecule has 1 aromatic rings. The van der Waals surface area contributed by atoms with E-state index in [1.54, 1.807) is 0 Å². The fourth-order valence-corrected chi connectivity index (χ4v) is 2.52. The summed E-state index contributed by atoms with van der Waals surface area (Å²) in [6.07, 6.45) is 2.02. The normalized spacial score (nSPS) is 16.4. The first kappa shape index (κ1) is 14.4. The van der Waals surface area contributed by atoms with Gasteiger partial charge in [-0.05, 0) is 19.3 Å². The highest BCUT2D eigenvalue weighted by Crippen LogP contribution is 2.19. The van der Waals surface area contributed by atoms with Crippen molar-refractivity contribution in [2.45, 2.75) is 32.7 Å². The van der Waals surface area contributed by atoms with E-state index in [1.807, 2.05) is 11.8 Å². The molecule has 1 aromatic heterocycles. The van der Waals surface area contributed by atoms with Crippen LogP contribution in [0.25, 0.3) is 0 Å². The van der Waals surface area contributed by atoms with Gasteiger partial charge in [0.15, 0.2) is 0 Å². The Labute approximate surface area is 116 Å². The van der Waals surface area contributed by atoms with Gasteiger partial charge in [0.05, 0.1) is 0 Å². The third-order valence-electron chi connectivity index (χ3n) is 3.69. The van der Waals surface area contributed by atoms with E-state index in [1.165, 1.54) is 10.6 Å². The molecule has 0 aromatic carbocycles. The Bertz CT molecular complexity index is 565. The van der Waals surface area contributed by atoms with Crippen molar-refractivity contribution in [3.8, 4) is 0 Å². The molecule has 0 atom stereocenters. The van der Waals surface area contributed by atoms with Crippen molar-refractivity contribution in [1.29, 1.82) is 0 Å². The molecule has 0 saturated carbocycles. The molecule has 1 aliphatic rings. The predicted octanol–water partition coefficient (Wildman–Crippen LogP) is -0.352. The van der Waals surface area contributed by atoms with E-state index in [-0.39, 0.29) is 23.1 Å². The minimum Gasteiger partial charge on any atom is -0.369 e. The number of aromatic nitrogens is 2. The Kier molecular flexibility index (Phi) is 4.26. The molecule has 0 spiro atoms. The van der Waals surface area contributed by atoms with Gasteiger partial charge in [0, 0.05) is 31.6 Å². The van der Waals surface area contributed by atoms with Crippen LogP contribution < -0.4 is 21.9 Å². The number of piperidine rings is 1. The van der Waals surface area contributed by atoms with Crippen LogP contribution in [0.3, 0.4) is 0 Å². The average Bonchev–Trinajstić information content (AvgIpc) is 2.42. The number of aromatic amines is 1. The van der Waals surface area contributed by atoms with Crippen LogP contribution in [0, 0.1) is 5.92 Å². The fourth-order valence-electron chi connectivity index (χ4n) is 2.52. The van der Waals surface area contributed by atoms with Crippen molar-refractivity contribution >= 4 is 11.7 Å². The van der Waals surface area contributed by atoms with E-state index >= 15 is 0 Å².